The third-order valence-electron chi connectivity index (χ3n) is 7.53. The van der Waals surface area contributed by atoms with Gasteiger partial charge in [-0.2, -0.15) is 0 Å². The van der Waals surface area contributed by atoms with Crippen LogP contribution in [0.25, 0.3) is 0 Å². The minimum Gasteiger partial charge on any atom is -0.466 e. The second-order valence-corrected chi connectivity index (χ2v) is 11.8. The maximum absolute atomic E-state index is 12.8. The lowest BCUT2D eigenvalue weighted by molar-refractivity contribution is -0.292. The maximum atomic E-state index is 12.8. The molecule has 0 radical (unpaired) electrons. The fourth-order valence-corrected chi connectivity index (χ4v) is 4.68. The maximum Gasteiger partial charge on any atom is 0.319 e. The first-order valence-electron chi connectivity index (χ1n) is 16.1. The van der Waals surface area contributed by atoms with Gasteiger partial charge in [0.15, 0.2) is 0 Å². The molecule has 0 saturated carbocycles. The Bertz CT molecular complexity index is 1050. The molecular weight excluding hydrogens is 620 g/mol. The van der Waals surface area contributed by atoms with E-state index in [0.29, 0.717) is 13.0 Å². The fraction of sp³-hybridized carbons (Fsp3) is 0.788. The van der Waals surface area contributed by atoms with Crippen molar-refractivity contribution in [2.45, 2.75) is 107 Å². The summed E-state index contributed by atoms with van der Waals surface area (Å²) >= 11 is 0. The summed E-state index contributed by atoms with van der Waals surface area (Å²) < 4.78 is 26.0. The topological polar surface area (TPSA) is 184 Å². The molecule has 0 bridgehead atoms. The summed E-state index contributed by atoms with van der Waals surface area (Å²) in [5.74, 6) is -4.48. The molecule has 0 heterocycles. The van der Waals surface area contributed by atoms with Gasteiger partial charge in [0.05, 0.1) is 46.2 Å². The van der Waals surface area contributed by atoms with Crippen LogP contribution >= 0.6 is 0 Å². The van der Waals surface area contributed by atoms with Gasteiger partial charge in [-0.3, -0.25) is 33.6 Å². The van der Waals surface area contributed by atoms with Crippen molar-refractivity contribution < 1.29 is 67.0 Å². The van der Waals surface area contributed by atoms with Gasteiger partial charge in [-0.05, 0) is 73.6 Å². The number of ether oxygens (including phenoxy) is 5. The number of hydrogen-bond donors (Lipinski definition) is 0. The van der Waals surface area contributed by atoms with Crippen molar-refractivity contribution in [1.82, 2.24) is 0 Å². The molecule has 0 fully saturated rings. The lowest BCUT2D eigenvalue weighted by atomic mass is 9.75. The van der Waals surface area contributed by atoms with E-state index in [1.165, 1.54) is 13.8 Å². The van der Waals surface area contributed by atoms with E-state index in [2.05, 4.69) is 0 Å². The number of Topliss-reactive ketones (excluding diaryl/α,β-unsaturated/α-hetero) is 2. The standard InChI is InChI=1S/C33H54O14/c1-9-41-26(36)14-19-33(25(6)35,30(40)43-11-3)20-16-28(38)45-23-31(7,8)22-44-27(37)15-18-32(24(5)34,29(39)42-10-2)17-13-21-47-46-12-4/h9-23H2,1-8H3. The molecule has 0 aliphatic heterocycles. The summed E-state index contributed by atoms with van der Waals surface area (Å²) in [6.45, 7) is 12.8. The van der Waals surface area contributed by atoms with Gasteiger partial charge in [-0.1, -0.05) is 13.8 Å². The molecule has 0 aromatic carbocycles. The van der Waals surface area contributed by atoms with Crippen molar-refractivity contribution in [3.8, 4) is 0 Å². The van der Waals surface area contributed by atoms with E-state index < -0.39 is 57.7 Å². The quantitative estimate of drug-likeness (QED) is 0.0320. The Kier molecular flexibility index (Phi) is 20.6. The zero-order valence-electron chi connectivity index (χ0n) is 29.3. The van der Waals surface area contributed by atoms with Gasteiger partial charge >= 0.3 is 29.8 Å². The van der Waals surface area contributed by atoms with Crippen molar-refractivity contribution in [3.63, 3.8) is 0 Å². The lowest BCUT2D eigenvalue weighted by Crippen LogP contribution is -2.41. The van der Waals surface area contributed by atoms with Crippen molar-refractivity contribution in [1.29, 1.82) is 0 Å². The second-order valence-electron chi connectivity index (χ2n) is 11.8. The summed E-state index contributed by atoms with van der Waals surface area (Å²) in [5, 5.41) is 0. The monoisotopic (exact) mass is 674 g/mol. The molecule has 2 atom stereocenters. The number of carbonyl (C=O) groups excluding carboxylic acids is 7. The number of esters is 5. The zero-order chi connectivity index (χ0) is 36.1. The van der Waals surface area contributed by atoms with E-state index >= 15 is 0 Å². The van der Waals surface area contributed by atoms with Crippen LogP contribution in [0, 0.1) is 16.2 Å². The second kappa shape index (κ2) is 22.2. The van der Waals surface area contributed by atoms with Crippen molar-refractivity contribution in [2.24, 2.45) is 16.2 Å². The molecular formula is C33H54O14. The molecule has 14 nitrogen and oxygen atoms in total. The SMILES string of the molecule is CCOOCCCC(CCC(=O)OCC(C)(C)COC(=O)CCC(CCC(=O)OCC)(C(C)=O)C(=O)OCC)(C(C)=O)C(=O)OCC. The van der Waals surface area contributed by atoms with E-state index in [1.807, 2.05) is 0 Å². The van der Waals surface area contributed by atoms with E-state index in [0.717, 1.165) is 0 Å². The molecule has 47 heavy (non-hydrogen) atoms. The highest BCUT2D eigenvalue weighted by Crippen LogP contribution is 2.35. The van der Waals surface area contributed by atoms with Gasteiger partial charge in [0.25, 0.3) is 0 Å². The van der Waals surface area contributed by atoms with Crippen LogP contribution in [0.5, 0.6) is 0 Å². The molecule has 0 rings (SSSR count). The third kappa shape index (κ3) is 15.4. The van der Waals surface area contributed by atoms with E-state index in [4.69, 9.17) is 33.5 Å². The van der Waals surface area contributed by atoms with Gasteiger partial charge in [0, 0.05) is 24.7 Å². The van der Waals surface area contributed by atoms with Gasteiger partial charge < -0.3 is 23.7 Å². The van der Waals surface area contributed by atoms with Crippen LogP contribution in [0.3, 0.4) is 0 Å². The largest absolute Gasteiger partial charge is 0.466 e. The summed E-state index contributed by atoms with van der Waals surface area (Å²) in [6.07, 6.45) is -0.909. The lowest BCUT2D eigenvalue weighted by Gasteiger charge is -2.29. The van der Waals surface area contributed by atoms with Gasteiger partial charge in [0.1, 0.15) is 22.4 Å². The molecule has 0 aromatic heterocycles. The van der Waals surface area contributed by atoms with Crippen LogP contribution < -0.4 is 0 Å². The summed E-state index contributed by atoms with van der Waals surface area (Å²) in [4.78, 5) is 98.1. The van der Waals surface area contributed by atoms with Crippen LogP contribution in [0.15, 0.2) is 0 Å². The highest BCUT2D eigenvalue weighted by Gasteiger charge is 2.46. The predicted octanol–water partition coefficient (Wildman–Crippen LogP) is 4.03. The van der Waals surface area contributed by atoms with Crippen LogP contribution in [0.2, 0.25) is 0 Å². The van der Waals surface area contributed by atoms with E-state index in [9.17, 15) is 33.6 Å². The first-order valence-corrected chi connectivity index (χ1v) is 16.1. The molecule has 0 amide bonds. The Balaban J connectivity index is 5.26. The molecule has 14 heteroatoms. The van der Waals surface area contributed by atoms with Crippen molar-refractivity contribution in [3.05, 3.63) is 0 Å². The fourth-order valence-electron chi connectivity index (χ4n) is 4.68. The number of carbonyl (C=O) groups is 7. The smallest absolute Gasteiger partial charge is 0.319 e. The highest BCUT2D eigenvalue weighted by molar-refractivity contribution is 6.03. The van der Waals surface area contributed by atoms with E-state index in [1.54, 1.807) is 41.5 Å². The number of rotatable bonds is 26. The molecule has 0 aliphatic carbocycles. The van der Waals surface area contributed by atoms with E-state index in [-0.39, 0.29) is 84.6 Å². The number of hydrogen-bond acceptors (Lipinski definition) is 14. The average Bonchev–Trinajstić information content (AvgIpc) is 3.00. The molecule has 2 unspecified atom stereocenters. The van der Waals surface area contributed by atoms with Crippen LogP contribution in [-0.2, 0) is 67.0 Å². The Morgan fingerprint density at radius 2 is 0.872 bits per heavy atom. The van der Waals surface area contributed by atoms with Gasteiger partial charge in [-0.25, -0.2) is 9.78 Å². The highest BCUT2D eigenvalue weighted by atomic mass is 17.2. The molecule has 0 aliphatic rings. The van der Waals surface area contributed by atoms with Gasteiger partial charge in [-0.15, -0.1) is 0 Å². The Labute approximate surface area is 277 Å². The van der Waals surface area contributed by atoms with Crippen LogP contribution in [0.4, 0.5) is 0 Å². The summed E-state index contributed by atoms with van der Waals surface area (Å²) in [5.41, 5.74) is -4.10. The Hall–Kier alpha value is -3.39. The molecule has 0 N–H and O–H groups in total. The molecule has 0 spiro atoms. The normalized spacial score (nSPS) is 13.8. The average molecular weight is 675 g/mol. The summed E-state index contributed by atoms with van der Waals surface area (Å²) in [7, 11) is 0. The zero-order valence-corrected chi connectivity index (χ0v) is 29.3. The minimum atomic E-state index is -1.72. The Morgan fingerprint density at radius 3 is 1.23 bits per heavy atom. The molecule has 270 valence electrons. The van der Waals surface area contributed by atoms with Crippen LogP contribution in [0.1, 0.15) is 107 Å². The third-order valence-corrected chi connectivity index (χ3v) is 7.53. The predicted molar refractivity (Wildman–Crippen MR) is 166 cm³/mol. The minimum absolute atomic E-state index is 0.00657. The number of ketones is 2. The van der Waals surface area contributed by atoms with Gasteiger partial charge in [0.2, 0.25) is 0 Å². The van der Waals surface area contributed by atoms with Crippen LogP contribution in [-0.4, -0.2) is 87.7 Å². The van der Waals surface area contributed by atoms with Crippen molar-refractivity contribution in [2.75, 3.05) is 46.2 Å². The molecule has 0 saturated heterocycles. The first kappa shape index (κ1) is 43.6. The Morgan fingerprint density at radius 1 is 0.489 bits per heavy atom. The molecule has 0 aromatic rings. The first-order chi connectivity index (χ1) is 22.1. The van der Waals surface area contributed by atoms with Crippen molar-refractivity contribution >= 4 is 41.4 Å². The summed E-state index contributed by atoms with van der Waals surface area (Å²) in [6, 6.07) is 0.